The summed E-state index contributed by atoms with van der Waals surface area (Å²) < 4.78 is 1.39. The van der Waals surface area contributed by atoms with Crippen LogP contribution < -0.4 is 10.9 Å². The first-order valence-corrected chi connectivity index (χ1v) is 7.60. The highest BCUT2D eigenvalue weighted by molar-refractivity contribution is 6.32. The molecule has 5 heteroatoms. The molecular formula is C14H18ClN3O. The Labute approximate surface area is 117 Å². The highest BCUT2D eigenvalue weighted by Gasteiger charge is 2.65. The van der Waals surface area contributed by atoms with Crippen molar-refractivity contribution in [1.82, 2.24) is 9.78 Å². The summed E-state index contributed by atoms with van der Waals surface area (Å²) in [6.07, 6.45) is 5.92. The van der Waals surface area contributed by atoms with E-state index in [-0.39, 0.29) is 10.6 Å². The van der Waals surface area contributed by atoms with Crippen molar-refractivity contribution < 1.29 is 0 Å². The van der Waals surface area contributed by atoms with Crippen LogP contribution in [0.2, 0.25) is 5.02 Å². The SMILES string of the molecule is CCn1ncc(NC2C3C4CCC(C4)C23)c(Cl)c1=O. The predicted molar refractivity (Wildman–Crippen MR) is 74.4 cm³/mol. The van der Waals surface area contributed by atoms with Crippen LogP contribution in [-0.2, 0) is 6.54 Å². The maximum atomic E-state index is 11.9. The van der Waals surface area contributed by atoms with Crippen LogP contribution in [0.25, 0.3) is 0 Å². The van der Waals surface area contributed by atoms with E-state index < -0.39 is 0 Å². The lowest BCUT2D eigenvalue weighted by Gasteiger charge is -2.13. The van der Waals surface area contributed by atoms with Crippen LogP contribution in [0.4, 0.5) is 5.69 Å². The third-order valence-electron chi connectivity index (χ3n) is 5.34. The standard InChI is InChI=1S/C14H18ClN3O/c1-2-18-14(19)12(15)9(6-16-18)17-13-10-7-3-4-8(5-7)11(10)13/h6-8,10-11,13,17H,2-5H2,1H3. The highest BCUT2D eigenvalue weighted by Crippen LogP contribution is 2.66. The number of rotatable bonds is 3. The Morgan fingerprint density at radius 1 is 1.42 bits per heavy atom. The smallest absolute Gasteiger partial charge is 0.287 e. The first-order chi connectivity index (χ1) is 9.20. The number of halogens is 1. The van der Waals surface area contributed by atoms with Crippen molar-refractivity contribution in [3.8, 4) is 0 Å². The van der Waals surface area contributed by atoms with E-state index in [1.165, 1.54) is 23.9 Å². The summed E-state index contributed by atoms with van der Waals surface area (Å²) in [4.78, 5) is 11.9. The van der Waals surface area contributed by atoms with E-state index in [0.29, 0.717) is 12.6 Å². The Kier molecular flexibility index (Phi) is 2.47. The Morgan fingerprint density at radius 2 is 2.11 bits per heavy atom. The van der Waals surface area contributed by atoms with Crippen molar-refractivity contribution in [2.45, 2.75) is 38.8 Å². The maximum absolute atomic E-state index is 11.9. The van der Waals surface area contributed by atoms with Crippen molar-refractivity contribution >= 4 is 17.3 Å². The van der Waals surface area contributed by atoms with Crippen molar-refractivity contribution in [2.75, 3.05) is 5.32 Å². The lowest BCUT2D eigenvalue weighted by molar-refractivity contribution is 0.456. The van der Waals surface area contributed by atoms with Gasteiger partial charge in [0.15, 0.2) is 0 Å². The summed E-state index contributed by atoms with van der Waals surface area (Å²) in [5.41, 5.74) is 0.526. The van der Waals surface area contributed by atoms with Gasteiger partial charge in [0.1, 0.15) is 5.02 Å². The van der Waals surface area contributed by atoms with E-state index in [2.05, 4.69) is 10.4 Å². The molecule has 0 saturated heterocycles. The number of anilines is 1. The van der Waals surface area contributed by atoms with Gasteiger partial charge in [-0.05, 0) is 49.9 Å². The van der Waals surface area contributed by atoms with Gasteiger partial charge >= 0.3 is 0 Å². The molecule has 0 radical (unpaired) electrons. The number of hydrogen-bond acceptors (Lipinski definition) is 3. The van der Waals surface area contributed by atoms with Crippen molar-refractivity contribution in [3.63, 3.8) is 0 Å². The van der Waals surface area contributed by atoms with Crippen LogP contribution in [-0.4, -0.2) is 15.8 Å². The van der Waals surface area contributed by atoms with Crippen LogP contribution >= 0.6 is 11.6 Å². The van der Waals surface area contributed by atoms with Gasteiger partial charge < -0.3 is 5.32 Å². The number of aromatic nitrogens is 2. The molecule has 1 heterocycles. The maximum Gasteiger partial charge on any atom is 0.287 e. The zero-order valence-electron chi connectivity index (χ0n) is 11.0. The third kappa shape index (κ3) is 1.59. The number of nitrogens with one attached hydrogen (secondary N) is 1. The van der Waals surface area contributed by atoms with E-state index >= 15 is 0 Å². The van der Waals surface area contributed by atoms with Gasteiger partial charge in [0.2, 0.25) is 0 Å². The van der Waals surface area contributed by atoms with Gasteiger partial charge in [-0.25, -0.2) is 4.68 Å². The molecule has 4 unspecified atom stereocenters. The van der Waals surface area contributed by atoms with E-state index in [1.807, 2.05) is 6.92 Å². The minimum absolute atomic E-state index is 0.192. The predicted octanol–water partition coefficient (Wildman–Crippen LogP) is 2.37. The van der Waals surface area contributed by atoms with Gasteiger partial charge in [0.05, 0.1) is 11.9 Å². The van der Waals surface area contributed by atoms with E-state index in [9.17, 15) is 4.79 Å². The second kappa shape index (κ2) is 3.98. The zero-order valence-corrected chi connectivity index (χ0v) is 11.7. The molecule has 0 aromatic carbocycles. The van der Waals surface area contributed by atoms with Crippen LogP contribution in [0.5, 0.6) is 0 Å². The Morgan fingerprint density at radius 3 is 2.74 bits per heavy atom. The molecule has 1 aromatic rings. The number of aryl methyl sites for hydroxylation is 1. The van der Waals surface area contributed by atoms with Gasteiger partial charge in [-0.2, -0.15) is 5.10 Å². The molecule has 1 aromatic heterocycles. The summed E-state index contributed by atoms with van der Waals surface area (Å²) in [6.45, 7) is 2.44. The quantitative estimate of drug-likeness (QED) is 0.924. The fourth-order valence-electron chi connectivity index (χ4n) is 4.49. The monoisotopic (exact) mass is 279 g/mol. The Bertz CT molecular complexity index is 569. The first-order valence-electron chi connectivity index (χ1n) is 7.23. The van der Waals surface area contributed by atoms with Crippen molar-refractivity contribution in [3.05, 3.63) is 21.6 Å². The number of nitrogens with zero attached hydrogens (tertiary/aromatic N) is 2. The molecule has 4 nitrogen and oxygen atoms in total. The van der Waals surface area contributed by atoms with Crippen LogP contribution in [0.3, 0.4) is 0 Å². The van der Waals surface area contributed by atoms with Gasteiger partial charge in [-0.15, -0.1) is 0 Å². The first kappa shape index (κ1) is 11.8. The zero-order chi connectivity index (χ0) is 13.1. The summed E-state index contributed by atoms with van der Waals surface area (Å²) in [7, 11) is 0. The topological polar surface area (TPSA) is 46.9 Å². The number of hydrogen-bond donors (Lipinski definition) is 1. The second-order valence-electron chi connectivity index (χ2n) is 6.15. The fraction of sp³-hybridized carbons (Fsp3) is 0.714. The van der Waals surface area contributed by atoms with Crippen LogP contribution in [0.15, 0.2) is 11.0 Å². The average molecular weight is 280 g/mol. The van der Waals surface area contributed by atoms with Gasteiger partial charge in [-0.3, -0.25) is 4.79 Å². The molecule has 3 aliphatic carbocycles. The molecule has 3 saturated carbocycles. The molecule has 0 spiro atoms. The van der Waals surface area contributed by atoms with Gasteiger partial charge in [0.25, 0.3) is 5.56 Å². The molecular weight excluding hydrogens is 262 g/mol. The molecule has 19 heavy (non-hydrogen) atoms. The molecule has 4 rings (SSSR count). The van der Waals surface area contributed by atoms with Gasteiger partial charge in [-0.1, -0.05) is 11.6 Å². The van der Waals surface area contributed by atoms with Crippen molar-refractivity contribution in [2.24, 2.45) is 23.7 Å². The molecule has 4 atom stereocenters. The second-order valence-corrected chi connectivity index (χ2v) is 6.53. The molecule has 3 aliphatic rings. The van der Waals surface area contributed by atoms with E-state index in [4.69, 9.17) is 11.6 Å². The molecule has 1 N–H and O–H groups in total. The summed E-state index contributed by atoms with van der Waals surface area (Å²) in [5, 5.41) is 7.90. The summed E-state index contributed by atoms with van der Waals surface area (Å²) in [6, 6.07) is 0.530. The molecule has 0 amide bonds. The molecule has 102 valence electrons. The van der Waals surface area contributed by atoms with Crippen molar-refractivity contribution in [1.29, 1.82) is 0 Å². The Hall–Kier alpha value is -1.03. The molecule has 2 bridgehead atoms. The highest BCUT2D eigenvalue weighted by atomic mass is 35.5. The third-order valence-corrected chi connectivity index (χ3v) is 5.71. The van der Waals surface area contributed by atoms with E-state index in [0.717, 1.165) is 29.4 Å². The fourth-order valence-corrected chi connectivity index (χ4v) is 4.69. The lowest BCUT2D eigenvalue weighted by Crippen LogP contribution is -2.24. The largest absolute Gasteiger partial charge is 0.379 e. The minimum Gasteiger partial charge on any atom is -0.379 e. The average Bonchev–Trinajstić information content (AvgIpc) is 2.82. The van der Waals surface area contributed by atoms with Gasteiger partial charge in [0, 0.05) is 12.6 Å². The summed E-state index contributed by atoms with van der Waals surface area (Å²) >= 11 is 6.16. The lowest BCUT2D eigenvalue weighted by atomic mass is 10.0. The molecule has 3 fully saturated rings. The van der Waals surface area contributed by atoms with E-state index in [1.54, 1.807) is 6.20 Å². The summed E-state index contributed by atoms with van der Waals surface area (Å²) in [5.74, 6) is 3.47. The minimum atomic E-state index is -0.192. The molecule has 0 aliphatic heterocycles. The van der Waals surface area contributed by atoms with Crippen LogP contribution in [0.1, 0.15) is 26.2 Å². The Balaban J connectivity index is 1.56. The number of fused-ring (bicyclic) bond motifs is 5. The normalized spacial score (nSPS) is 38.3. The van der Waals surface area contributed by atoms with Crippen LogP contribution in [0, 0.1) is 23.7 Å².